The number of hydrazone groups is 1. The third-order valence-electron chi connectivity index (χ3n) is 4.27. The molecule has 0 saturated carbocycles. The number of ether oxygens (including phenoxy) is 2. The van der Waals surface area contributed by atoms with Crippen molar-refractivity contribution in [2.45, 2.75) is 6.61 Å². The molecule has 1 saturated heterocycles. The maximum absolute atomic E-state index is 5.89. The number of benzene rings is 2. The number of likely N-dealkylation sites (N-methyl/N-ethyl adjacent to an activating group) is 1. The Bertz CT molecular complexity index is 695. The molecule has 0 unspecified atom stereocenters. The van der Waals surface area contributed by atoms with Crippen LogP contribution in [0.3, 0.4) is 0 Å². The zero-order valence-corrected chi connectivity index (χ0v) is 14.9. The zero-order chi connectivity index (χ0) is 17.5. The Morgan fingerprint density at radius 3 is 2.48 bits per heavy atom. The van der Waals surface area contributed by atoms with Crippen molar-refractivity contribution in [2.75, 3.05) is 40.3 Å². The van der Waals surface area contributed by atoms with E-state index in [9.17, 15) is 0 Å². The van der Waals surface area contributed by atoms with E-state index in [-0.39, 0.29) is 0 Å². The maximum atomic E-state index is 5.89. The largest absolute Gasteiger partial charge is 0.493 e. The third kappa shape index (κ3) is 4.97. The van der Waals surface area contributed by atoms with E-state index in [0.717, 1.165) is 48.8 Å². The van der Waals surface area contributed by atoms with Crippen molar-refractivity contribution in [3.63, 3.8) is 0 Å². The molecule has 132 valence electrons. The molecule has 5 heteroatoms. The van der Waals surface area contributed by atoms with Crippen molar-refractivity contribution in [3.05, 3.63) is 59.7 Å². The highest BCUT2D eigenvalue weighted by atomic mass is 16.5. The fraction of sp³-hybridized carbons (Fsp3) is 0.350. The fourth-order valence-corrected chi connectivity index (χ4v) is 2.68. The second kappa shape index (κ2) is 8.53. The first kappa shape index (κ1) is 17.3. The lowest BCUT2D eigenvalue weighted by Gasteiger charge is -2.30. The molecule has 0 N–H and O–H groups in total. The monoisotopic (exact) mass is 339 g/mol. The van der Waals surface area contributed by atoms with Gasteiger partial charge < -0.3 is 14.4 Å². The third-order valence-corrected chi connectivity index (χ3v) is 4.27. The molecule has 1 aliphatic heterocycles. The molecule has 3 rings (SSSR count). The summed E-state index contributed by atoms with van der Waals surface area (Å²) in [4.78, 5) is 2.31. The Labute approximate surface area is 149 Å². The molecule has 0 bridgehead atoms. The Morgan fingerprint density at radius 1 is 1.00 bits per heavy atom. The first-order chi connectivity index (χ1) is 12.2. The van der Waals surface area contributed by atoms with Gasteiger partial charge in [-0.05, 0) is 36.4 Å². The van der Waals surface area contributed by atoms with Crippen LogP contribution in [0.1, 0.15) is 11.1 Å². The topological polar surface area (TPSA) is 37.3 Å². The van der Waals surface area contributed by atoms with E-state index < -0.39 is 0 Å². The van der Waals surface area contributed by atoms with Crippen LogP contribution in [0.5, 0.6) is 11.5 Å². The number of hydrogen-bond donors (Lipinski definition) is 0. The van der Waals surface area contributed by atoms with Gasteiger partial charge in [0.25, 0.3) is 0 Å². The van der Waals surface area contributed by atoms with Crippen LogP contribution in [-0.4, -0.2) is 56.5 Å². The molecule has 2 aromatic rings. The van der Waals surface area contributed by atoms with Gasteiger partial charge in [0.1, 0.15) is 6.61 Å². The van der Waals surface area contributed by atoms with Crippen molar-refractivity contribution in [1.29, 1.82) is 0 Å². The van der Waals surface area contributed by atoms with Gasteiger partial charge in [0, 0.05) is 26.2 Å². The van der Waals surface area contributed by atoms with Crippen molar-refractivity contribution < 1.29 is 9.47 Å². The molecule has 2 aromatic carbocycles. The van der Waals surface area contributed by atoms with E-state index in [4.69, 9.17) is 9.47 Å². The molecule has 0 atom stereocenters. The lowest BCUT2D eigenvalue weighted by atomic mass is 10.2. The average molecular weight is 339 g/mol. The van der Waals surface area contributed by atoms with E-state index in [1.807, 2.05) is 54.7 Å². The van der Waals surface area contributed by atoms with Crippen molar-refractivity contribution in [3.8, 4) is 11.5 Å². The summed E-state index contributed by atoms with van der Waals surface area (Å²) in [5.41, 5.74) is 2.13. The molecule has 25 heavy (non-hydrogen) atoms. The SMILES string of the molecule is COc1cc(/C=N\N2CCN(C)CC2)ccc1OCc1ccccc1. The van der Waals surface area contributed by atoms with Crippen molar-refractivity contribution in [2.24, 2.45) is 5.10 Å². The second-order valence-electron chi connectivity index (χ2n) is 6.19. The van der Waals surface area contributed by atoms with Gasteiger partial charge in [-0.3, -0.25) is 5.01 Å². The van der Waals surface area contributed by atoms with Gasteiger partial charge in [0.15, 0.2) is 11.5 Å². The molecular formula is C20H25N3O2. The summed E-state index contributed by atoms with van der Waals surface area (Å²) in [6.45, 7) is 4.54. The summed E-state index contributed by atoms with van der Waals surface area (Å²) in [5, 5.41) is 6.68. The van der Waals surface area contributed by atoms with E-state index in [0.29, 0.717) is 6.61 Å². The predicted molar refractivity (Wildman–Crippen MR) is 100 cm³/mol. The van der Waals surface area contributed by atoms with Crippen molar-refractivity contribution >= 4 is 6.21 Å². The van der Waals surface area contributed by atoms with Gasteiger partial charge in [-0.15, -0.1) is 0 Å². The number of hydrogen-bond acceptors (Lipinski definition) is 5. The molecule has 5 nitrogen and oxygen atoms in total. The summed E-state index contributed by atoms with van der Waals surface area (Å²) >= 11 is 0. The molecule has 0 aromatic heterocycles. The Balaban J connectivity index is 1.63. The van der Waals surface area contributed by atoms with Gasteiger partial charge in [-0.1, -0.05) is 30.3 Å². The molecular weight excluding hydrogens is 314 g/mol. The maximum Gasteiger partial charge on any atom is 0.161 e. The van der Waals surface area contributed by atoms with Crippen molar-refractivity contribution in [1.82, 2.24) is 9.91 Å². The van der Waals surface area contributed by atoms with E-state index in [1.54, 1.807) is 7.11 Å². The summed E-state index contributed by atoms with van der Waals surface area (Å²) in [5.74, 6) is 1.46. The van der Waals surface area contributed by atoms with Crippen LogP contribution in [0.2, 0.25) is 0 Å². The zero-order valence-electron chi connectivity index (χ0n) is 14.9. The Morgan fingerprint density at radius 2 is 1.76 bits per heavy atom. The predicted octanol–water partition coefficient (Wildman–Crippen LogP) is 2.86. The number of rotatable bonds is 6. The minimum absolute atomic E-state index is 0.520. The van der Waals surface area contributed by atoms with E-state index >= 15 is 0 Å². The normalized spacial score (nSPS) is 15.5. The minimum atomic E-state index is 0.520. The lowest BCUT2D eigenvalue weighted by Crippen LogP contribution is -2.41. The fourth-order valence-electron chi connectivity index (χ4n) is 2.68. The number of methoxy groups -OCH3 is 1. The molecule has 0 aliphatic carbocycles. The van der Waals surface area contributed by atoms with Gasteiger partial charge in [0.05, 0.1) is 13.3 Å². The Kier molecular flexibility index (Phi) is 5.90. The van der Waals surface area contributed by atoms with E-state index in [2.05, 4.69) is 22.1 Å². The van der Waals surface area contributed by atoms with Crippen LogP contribution in [0.4, 0.5) is 0 Å². The summed E-state index contributed by atoms with van der Waals surface area (Å²) in [6.07, 6.45) is 1.88. The van der Waals surface area contributed by atoms with Crippen LogP contribution < -0.4 is 9.47 Å². The van der Waals surface area contributed by atoms with Crippen LogP contribution in [0.15, 0.2) is 53.6 Å². The number of nitrogens with zero attached hydrogens (tertiary/aromatic N) is 3. The van der Waals surface area contributed by atoms with Gasteiger partial charge in [-0.25, -0.2) is 0 Å². The quantitative estimate of drug-likeness (QED) is 0.759. The molecule has 0 amide bonds. The average Bonchev–Trinajstić information content (AvgIpc) is 2.67. The lowest BCUT2D eigenvalue weighted by molar-refractivity contribution is 0.159. The van der Waals surface area contributed by atoms with Gasteiger partial charge in [0.2, 0.25) is 0 Å². The highest BCUT2D eigenvalue weighted by molar-refractivity contribution is 5.80. The van der Waals surface area contributed by atoms with Crippen LogP contribution in [0, 0.1) is 0 Å². The molecule has 0 radical (unpaired) electrons. The first-order valence-corrected chi connectivity index (χ1v) is 8.57. The summed E-state index contributed by atoms with van der Waals surface area (Å²) in [7, 11) is 3.80. The van der Waals surface area contributed by atoms with Crippen LogP contribution in [-0.2, 0) is 6.61 Å². The molecule has 1 heterocycles. The smallest absolute Gasteiger partial charge is 0.161 e. The minimum Gasteiger partial charge on any atom is -0.493 e. The van der Waals surface area contributed by atoms with E-state index in [1.165, 1.54) is 0 Å². The first-order valence-electron chi connectivity index (χ1n) is 8.57. The second-order valence-corrected chi connectivity index (χ2v) is 6.19. The number of piperazine rings is 1. The molecule has 0 spiro atoms. The summed E-state index contributed by atoms with van der Waals surface area (Å²) in [6, 6.07) is 16.0. The van der Waals surface area contributed by atoms with Gasteiger partial charge in [-0.2, -0.15) is 5.10 Å². The molecule has 1 fully saturated rings. The van der Waals surface area contributed by atoms with Crippen LogP contribution in [0.25, 0.3) is 0 Å². The van der Waals surface area contributed by atoms with Crippen LogP contribution >= 0.6 is 0 Å². The summed E-state index contributed by atoms with van der Waals surface area (Å²) < 4.78 is 11.4. The molecule has 1 aliphatic rings. The van der Waals surface area contributed by atoms with Gasteiger partial charge >= 0.3 is 0 Å². The highest BCUT2D eigenvalue weighted by Crippen LogP contribution is 2.28. The Hall–Kier alpha value is -2.53. The highest BCUT2D eigenvalue weighted by Gasteiger charge is 2.11. The standard InChI is InChI=1S/C20H25N3O2/c1-22-10-12-23(13-11-22)21-15-18-8-9-19(20(14-18)24-2)25-16-17-6-4-3-5-7-17/h3-9,14-15H,10-13,16H2,1-2H3/b21-15-.